The number of benzene rings is 2. The summed E-state index contributed by atoms with van der Waals surface area (Å²) >= 11 is 0. The molecule has 1 N–H and O–H groups in total. The third-order valence-electron chi connectivity index (χ3n) is 3.34. The molecule has 0 atom stereocenters. The van der Waals surface area contributed by atoms with Crippen molar-refractivity contribution in [1.29, 1.82) is 0 Å². The van der Waals surface area contributed by atoms with Gasteiger partial charge in [-0.15, -0.1) is 0 Å². The second-order valence-electron chi connectivity index (χ2n) is 5.06. The summed E-state index contributed by atoms with van der Waals surface area (Å²) in [5.41, 5.74) is 1.41. The highest BCUT2D eigenvalue weighted by atomic mass is 16.5. The van der Waals surface area contributed by atoms with Crippen molar-refractivity contribution in [1.82, 2.24) is 0 Å². The fourth-order valence-corrected chi connectivity index (χ4v) is 2.03. The molecule has 0 aliphatic heterocycles. The Morgan fingerprint density at radius 1 is 0.920 bits per heavy atom. The molecule has 0 unspecified atom stereocenters. The smallest absolute Gasteiger partial charge is 0.354 e. The molecule has 2 rings (SSSR count). The maximum absolute atomic E-state index is 11.9. The minimum Gasteiger partial charge on any atom is -0.466 e. The molecule has 0 amide bonds. The van der Waals surface area contributed by atoms with E-state index < -0.39 is 11.9 Å². The van der Waals surface area contributed by atoms with Crippen LogP contribution in [0.2, 0.25) is 0 Å². The number of esters is 2. The van der Waals surface area contributed by atoms with Crippen molar-refractivity contribution in [3.63, 3.8) is 0 Å². The number of rotatable bonds is 6. The first-order valence-corrected chi connectivity index (χ1v) is 7.52. The maximum atomic E-state index is 11.9. The van der Waals surface area contributed by atoms with E-state index in [1.165, 1.54) is 14.2 Å². The zero-order chi connectivity index (χ0) is 18.2. The van der Waals surface area contributed by atoms with E-state index in [2.05, 4.69) is 14.8 Å². The molecular weight excluding hydrogens is 322 g/mol. The topological polar surface area (TPSA) is 73.9 Å². The van der Waals surface area contributed by atoms with Crippen LogP contribution in [0.15, 0.2) is 60.3 Å². The lowest BCUT2D eigenvalue weighted by Crippen LogP contribution is -2.15. The van der Waals surface area contributed by atoms with Crippen molar-refractivity contribution in [2.75, 3.05) is 19.5 Å². The highest BCUT2D eigenvalue weighted by Crippen LogP contribution is 2.31. The molecule has 0 spiro atoms. The summed E-state index contributed by atoms with van der Waals surface area (Å²) in [6.45, 7) is 1.93. The minimum absolute atomic E-state index is 0.0600. The van der Waals surface area contributed by atoms with Crippen LogP contribution in [0.3, 0.4) is 0 Å². The average Bonchev–Trinajstić information content (AvgIpc) is 2.63. The lowest BCUT2D eigenvalue weighted by molar-refractivity contribution is -0.138. The molecule has 0 heterocycles. The average molecular weight is 341 g/mol. The molecule has 0 bridgehead atoms. The van der Waals surface area contributed by atoms with Crippen molar-refractivity contribution in [2.45, 2.75) is 6.92 Å². The van der Waals surface area contributed by atoms with Gasteiger partial charge < -0.3 is 19.5 Å². The molecule has 6 heteroatoms. The number of hydrogen-bond donors (Lipinski definition) is 1. The number of carbonyl (C=O) groups excluding carboxylic acids is 2. The van der Waals surface area contributed by atoms with Gasteiger partial charge in [-0.25, -0.2) is 9.59 Å². The summed E-state index contributed by atoms with van der Waals surface area (Å²) in [5.74, 6) is -0.189. The van der Waals surface area contributed by atoms with Gasteiger partial charge in [-0.3, -0.25) is 0 Å². The fraction of sp³-hybridized carbons (Fsp3) is 0.158. The van der Waals surface area contributed by atoms with Crippen molar-refractivity contribution in [3.8, 4) is 11.5 Å². The second-order valence-corrected chi connectivity index (χ2v) is 5.06. The van der Waals surface area contributed by atoms with Crippen LogP contribution in [0.25, 0.3) is 0 Å². The Balaban J connectivity index is 2.33. The number of carbonyl (C=O) groups is 2. The molecule has 0 aliphatic carbocycles. The zero-order valence-electron chi connectivity index (χ0n) is 14.2. The van der Waals surface area contributed by atoms with Gasteiger partial charge in [0.1, 0.15) is 11.4 Å². The molecule has 0 fully saturated rings. The van der Waals surface area contributed by atoms with Crippen LogP contribution in [0, 0.1) is 6.92 Å². The SMILES string of the molecule is COC(=O)/C=C(/Nc1ccccc1Oc1ccccc1C)C(=O)OC. The largest absolute Gasteiger partial charge is 0.466 e. The first kappa shape index (κ1) is 18.1. The van der Waals surface area contributed by atoms with Crippen LogP contribution < -0.4 is 10.1 Å². The highest BCUT2D eigenvalue weighted by molar-refractivity contribution is 5.99. The summed E-state index contributed by atoms with van der Waals surface area (Å²) in [4.78, 5) is 23.4. The Kier molecular flexibility index (Phi) is 6.17. The molecule has 6 nitrogen and oxygen atoms in total. The summed E-state index contributed by atoms with van der Waals surface area (Å²) in [6, 6.07) is 14.6. The number of methoxy groups -OCH3 is 2. The van der Waals surface area contributed by atoms with Gasteiger partial charge in [-0.1, -0.05) is 30.3 Å². The number of ether oxygens (including phenoxy) is 3. The summed E-state index contributed by atoms with van der Waals surface area (Å²) < 4.78 is 15.2. The quantitative estimate of drug-likeness (QED) is 0.641. The number of hydrogen-bond acceptors (Lipinski definition) is 6. The van der Waals surface area contributed by atoms with Crippen LogP contribution in [-0.4, -0.2) is 26.2 Å². The van der Waals surface area contributed by atoms with Crippen molar-refractivity contribution in [2.24, 2.45) is 0 Å². The summed E-state index contributed by atoms with van der Waals surface area (Å²) in [7, 11) is 2.45. The Morgan fingerprint density at radius 2 is 1.56 bits per heavy atom. The zero-order valence-corrected chi connectivity index (χ0v) is 14.2. The molecule has 0 aromatic heterocycles. The lowest BCUT2D eigenvalue weighted by Gasteiger charge is -2.15. The molecule has 130 valence electrons. The summed E-state index contributed by atoms with van der Waals surface area (Å²) in [5, 5.41) is 2.86. The van der Waals surface area contributed by atoms with E-state index in [0.717, 1.165) is 11.6 Å². The van der Waals surface area contributed by atoms with Gasteiger partial charge in [-0.05, 0) is 30.7 Å². The number of nitrogens with one attached hydrogen (secondary N) is 1. The fourth-order valence-electron chi connectivity index (χ4n) is 2.03. The van der Waals surface area contributed by atoms with Gasteiger partial charge in [0.25, 0.3) is 0 Å². The Bertz CT molecular complexity index is 798. The monoisotopic (exact) mass is 341 g/mol. The van der Waals surface area contributed by atoms with E-state index in [1.807, 2.05) is 31.2 Å². The highest BCUT2D eigenvalue weighted by Gasteiger charge is 2.15. The van der Waals surface area contributed by atoms with Crippen LogP contribution in [-0.2, 0) is 19.1 Å². The van der Waals surface area contributed by atoms with Crippen LogP contribution >= 0.6 is 0 Å². The molecule has 0 aliphatic rings. The van der Waals surface area contributed by atoms with Gasteiger partial charge in [0.2, 0.25) is 0 Å². The Morgan fingerprint density at radius 3 is 2.20 bits per heavy atom. The van der Waals surface area contributed by atoms with E-state index in [1.54, 1.807) is 24.3 Å². The predicted octanol–water partition coefficient (Wildman–Crippen LogP) is 3.43. The van der Waals surface area contributed by atoms with Crippen molar-refractivity contribution >= 4 is 17.6 Å². The van der Waals surface area contributed by atoms with Gasteiger partial charge in [0.15, 0.2) is 5.75 Å². The second kappa shape index (κ2) is 8.54. The molecule has 0 saturated carbocycles. The van der Waals surface area contributed by atoms with E-state index in [9.17, 15) is 9.59 Å². The molecule has 2 aromatic carbocycles. The molecule has 2 aromatic rings. The summed E-state index contributed by atoms with van der Waals surface area (Å²) in [6.07, 6.45) is 1.02. The number of anilines is 1. The minimum atomic E-state index is -0.698. The van der Waals surface area contributed by atoms with E-state index in [4.69, 9.17) is 4.74 Å². The van der Waals surface area contributed by atoms with Crippen LogP contribution in [0.1, 0.15) is 5.56 Å². The molecular formula is C19H19NO5. The Hall–Kier alpha value is -3.28. The van der Waals surface area contributed by atoms with Crippen molar-refractivity contribution < 1.29 is 23.8 Å². The molecule has 25 heavy (non-hydrogen) atoms. The van der Waals surface area contributed by atoms with Gasteiger partial charge in [-0.2, -0.15) is 0 Å². The standard InChI is InChI=1S/C19H19NO5/c1-13-8-4-6-10-16(13)25-17-11-7-5-9-14(17)20-15(19(22)24-3)12-18(21)23-2/h4-12,20H,1-3H3/b15-12+. The molecule has 0 saturated heterocycles. The van der Waals surface area contributed by atoms with Crippen LogP contribution in [0.4, 0.5) is 5.69 Å². The van der Waals surface area contributed by atoms with E-state index in [-0.39, 0.29) is 5.70 Å². The maximum Gasteiger partial charge on any atom is 0.354 e. The molecule has 0 radical (unpaired) electrons. The van der Waals surface area contributed by atoms with E-state index in [0.29, 0.717) is 17.2 Å². The normalized spacial score (nSPS) is 10.8. The van der Waals surface area contributed by atoms with Crippen molar-refractivity contribution in [3.05, 3.63) is 65.9 Å². The first-order valence-electron chi connectivity index (χ1n) is 7.52. The van der Waals surface area contributed by atoms with Gasteiger partial charge in [0, 0.05) is 0 Å². The van der Waals surface area contributed by atoms with Crippen LogP contribution in [0.5, 0.6) is 11.5 Å². The number of aryl methyl sites for hydroxylation is 1. The lowest BCUT2D eigenvalue weighted by atomic mass is 10.2. The third-order valence-corrected chi connectivity index (χ3v) is 3.34. The van der Waals surface area contributed by atoms with Gasteiger partial charge >= 0.3 is 11.9 Å². The Labute approximate surface area is 146 Å². The van der Waals surface area contributed by atoms with Gasteiger partial charge in [0.05, 0.1) is 26.0 Å². The predicted molar refractivity (Wildman–Crippen MR) is 93.4 cm³/mol. The van der Waals surface area contributed by atoms with E-state index >= 15 is 0 Å². The first-order chi connectivity index (χ1) is 12.0. The number of para-hydroxylation sites is 3. The third kappa shape index (κ3) is 4.84.